The first-order valence-corrected chi connectivity index (χ1v) is 10.1. The van der Waals surface area contributed by atoms with Gasteiger partial charge in [0.2, 0.25) is 0 Å². The summed E-state index contributed by atoms with van der Waals surface area (Å²) < 4.78 is 13.0. The number of carbonyl (C=O) groups excluding carboxylic acids is 1. The third-order valence-electron chi connectivity index (χ3n) is 6.70. The van der Waals surface area contributed by atoms with E-state index in [4.69, 9.17) is 9.47 Å². The fraction of sp³-hybridized carbons (Fsp3) is 0.611. The van der Waals surface area contributed by atoms with Gasteiger partial charge in [0.25, 0.3) is 0 Å². The highest BCUT2D eigenvalue weighted by Crippen LogP contribution is 2.64. The summed E-state index contributed by atoms with van der Waals surface area (Å²) in [6.45, 7) is 1.01. The Balaban J connectivity index is 1.83. The minimum absolute atomic E-state index is 0.111. The van der Waals surface area contributed by atoms with Gasteiger partial charge >= 0.3 is 0 Å². The fourth-order valence-corrected chi connectivity index (χ4v) is 6.86. The lowest BCUT2D eigenvalue weighted by Crippen LogP contribution is -2.67. The summed E-state index contributed by atoms with van der Waals surface area (Å²) in [6.07, 6.45) is 2.48. The van der Waals surface area contributed by atoms with Gasteiger partial charge in [-0.3, -0.25) is 4.79 Å². The van der Waals surface area contributed by atoms with Crippen molar-refractivity contribution in [1.29, 1.82) is 0 Å². The van der Waals surface area contributed by atoms with Crippen LogP contribution in [0.25, 0.3) is 0 Å². The lowest BCUT2D eigenvalue weighted by Gasteiger charge is -2.57. The van der Waals surface area contributed by atoms with Gasteiger partial charge in [-0.05, 0) is 50.4 Å². The number of halogens is 2. The average Bonchev–Trinajstić information content (AvgIpc) is 2.90. The quantitative estimate of drug-likeness (QED) is 0.609. The Morgan fingerprint density at radius 1 is 1.46 bits per heavy atom. The van der Waals surface area contributed by atoms with Crippen molar-refractivity contribution in [3.63, 3.8) is 0 Å². The Hall–Kier alpha value is -0.590. The molecule has 4 aliphatic rings. The first-order chi connectivity index (χ1) is 11.5. The summed E-state index contributed by atoms with van der Waals surface area (Å²) in [5.74, 6) is 2.18. The van der Waals surface area contributed by atoms with E-state index in [1.165, 1.54) is 11.1 Å². The van der Waals surface area contributed by atoms with Crippen molar-refractivity contribution in [2.75, 3.05) is 20.7 Å². The zero-order valence-electron chi connectivity index (χ0n) is 13.6. The van der Waals surface area contributed by atoms with Crippen molar-refractivity contribution in [3.05, 3.63) is 21.7 Å². The largest absolute Gasteiger partial charge is 0.493 e. The molecule has 4 nitrogen and oxygen atoms in total. The molecule has 128 valence electrons. The van der Waals surface area contributed by atoms with Crippen LogP contribution in [-0.2, 0) is 16.6 Å². The maximum Gasteiger partial charge on any atom is 0.187 e. The summed E-state index contributed by atoms with van der Waals surface area (Å²) in [6, 6.07) is 2.45. The lowest BCUT2D eigenvalue weighted by atomic mass is 9.51. The molecule has 5 atom stereocenters. The minimum Gasteiger partial charge on any atom is -0.493 e. The van der Waals surface area contributed by atoms with Crippen LogP contribution in [-0.4, -0.2) is 48.4 Å². The van der Waals surface area contributed by atoms with Gasteiger partial charge in [0.15, 0.2) is 23.4 Å². The smallest absolute Gasteiger partial charge is 0.187 e. The molecule has 2 fully saturated rings. The van der Waals surface area contributed by atoms with Crippen LogP contribution < -0.4 is 9.47 Å². The predicted octanol–water partition coefficient (Wildman–Crippen LogP) is 3.07. The third-order valence-corrected chi connectivity index (χ3v) is 8.23. The summed E-state index contributed by atoms with van der Waals surface area (Å²) in [5, 5.41) is 0. The van der Waals surface area contributed by atoms with Crippen molar-refractivity contribution in [1.82, 2.24) is 4.90 Å². The average molecular weight is 457 g/mol. The van der Waals surface area contributed by atoms with E-state index in [1.807, 2.05) is 6.07 Å². The number of methoxy groups -OCH3 is 1. The number of ether oxygens (including phenoxy) is 2. The Bertz CT molecular complexity index is 767. The molecule has 24 heavy (non-hydrogen) atoms. The molecule has 1 spiro atoms. The second-order valence-electron chi connectivity index (χ2n) is 7.50. The van der Waals surface area contributed by atoms with Crippen LogP contribution in [0.4, 0.5) is 0 Å². The fourth-order valence-electron chi connectivity index (χ4n) is 5.65. The second kappa shape index (κ2) is 4.98. The van der Waals surface area contributed by atoms with Crippen molar-refractivity contribution in [2.45, 2.75) is 41.7 Å². The van der Waals surface area contributed by atoms with Crippen LogP contribution in [0.2, 0.25) is 0 Å². The number of ketones is 1. The number of likely N-dealkylation sites (N-methyl/N-ethyl adjacent to an activating group) is 1. The van der Waals surface area contributed by atoms with Gasteiger partial charge in [-0.2, -0.15) is 0 Å². The number of nitrogens with zero attached hydrogens (tertiary/aromatic N) is 1. The van der Waals surface area contributed by atoms with E-state index in [2.05, 4.69) is 43.8 Å². The normalized spacial score (nSPS) is 39.4. The molecule has 0 N–H and O–H groups in total. The maximum atomic E-state index is 13.0. The Morgan fingerprint density at radius 3 is 3.00 bits per heavy atom. The topological polar surface area (TPSA) is 38.8 Å². The number of piperidine rings is 1. The summed E-state index contributed by atoms with van der Waals surface area (Å²) in [7, 11) is 3.88. The molecule has 2 heterocycles. The van der Waals surface area contributed by atoms with Gasteiger partial charge in [-0.1, -0.05) is 31.9 Å². The van der Waals surface area contributed by atoms with Crippen LogP contribution in [0.1, 0.15) is 24.0 Å². The molecule has 5 rings (SSSR count). The Kier molecular flexibility index (Phi) is 3.25. The first kappa shape index (κ1) is 15.6. The molecule has 2 aliphatic carbocycles. The molecular formula is C18H19Br2NO3. The molecule has 0 unspecified atom stereocenters. The monoisotopic (exact) mass is 455 g/mol. The molecule has 1 aromatic carbocycles. The van der Waals surface area contributed by atoms with Crippen molar-refractivity contribution in [2.24, 2.45) is 5.92 Å². The molecule has 6 heteroatoms. The van der Waals surface area contributed by atoms with Crippen molar-refractivity contribution < 1.29 is 14.3 Å². The molecule has 0 amide bonds. The van der Waals surface area contributed by atoms with Crippen LogP contribution >= 0.6 is 31.9 Å². The number of hydrogen-bond acceptors (Lipinski definition) is 4. The van der Waals surface area contributed by atoms with E-state index in [1.54, 1.807) is 7.11 Å². The van der Waals surface area contributed by atoms with E-state index in [-0.39, 0.29) is 22.1 Å². The van der Waals surface area contributed by atoms with E-state index < -0.39 is 0 Å². The SMILES string of the molecule is COc1cc(Br)c2c3c1O[C@H]1C(=O)[C@@H](Br)C[C@H]4[C@@H](C2)N(C)CC[C@]314. The summed E-state index contributed by atoms with van der Waals surface area (Å²) in [5.41, 5.74) is 2.38. The zero-order valence-corrected chi connectivity index (χ0v) is 16.8. The van der Waals surface area contributed by atoms with Crippen LogP contribution in [0.3, 0.4) is 0 Å². The molecular weight excluding hydrogens is 438 g/mol. The lowest BCUT2D eigenvalue weighted by molar-refractivity contribution is -0.137. The van der Waals surface area contributed by atoms with Gasteiger partial charge in [0, 0.05) is 21.5 Å². The minimum atomic E-state index is -0.380. The third kappa shape index (κ3) is 1.65. The van der Waals surface area contributed by atoms with Gasteiger partial charge in [0.1, 0.15) is 0 Å². The highest BCUT2D eigenvalue weighted by molar-refractivity contribution is 9.10. The van der Waals surface area contributed by atoms with Crippen LogP contribution in [0.5, 0.6) is 11.5 Å². The predicted molar refractivity (Wildman–Crippen MR) is 97.4 cm³/mol. The molecule has 1 aromatic rings. The van der Waals surface area contributed by atoms with Gasteiger partial charge in [-0.25, -0.2) is 0 Å². The van der Waals surface area contributed by atoms with E-state index in [0.29, 0.717) is 12.0 Å². The van der Waals surface area contributed by atoms with Crippen LogP contribution in [0, 0.1) is 5.92 Å². The Labute approximate surface area is 158 Å². The molecule has 2 bridgehead atoms. The second-order valence-corrected chi connectivity index (χ2v) is 9.46. The highest BCUT2D eigenvalue weighted by Gasteiger charge is 2.67. The van der Waals surface area contributed by atoms with E-state index in [0.717, 1.165) is 41.8 Å². The molecule has 1 saturated heterocycles. The maximum absolute atomic E-state index is 13.0. The number of rotatable bonds is 1. The number of likely N-dealkylation sites (tertiary alicyclic amines) is 1. The van der Waals surface area contributed by atoms with Gasteiger partial charge < -0.3 is 14.4 Å². The van der Waals surface area contributed by atoms with E-state index in [9.17, 15) is 4.79 Å². The first-order valence-electron chi connectivity index (χ1n) is 8.43. The summed E-state index contributed by atoms with van der Waals surface area (Å²) in [4.78, 5) is 15.3. The van der Waals surface area contributed by atoms with Crippen molar-refractivity contribution in [3.8, 4) is 11.5 Å². The number of carbonyl (C=O) groups is 1. The van der Waals surface area contributed by atoms with Crippen LogP contribution in [0.15, 0.2) is 10.5 Å². The molecule has 0 radical (unpaired) electrons. The number of Topliss-reactive ketones (excluding diaryl/α,β-unsaturated/α-hetero) is 1. The Morgan fingerprint density at radius 2 is 2.25 bits per heavy atom. The van der Waals surface area contributed by atoms with Gasteiger partial charge in [0.05, 0.1) is 11.9 Å². The number of alkyl halides is 1. The molecule has 0 aromatic heterocycles. The standard InChI is InChI=1S/C18H19Br2NO3/c1-21-4-3-18-9-6-11(20)15(22)17(18)24-16-13(23-2)7-10(19)8(14(16)18)5-12(9)21/h7,9,11-12,17H,3-6H2,1-2H3/t9-,11-,12+,17-,18-/m0/s1. The molecule has 1 saturated carbocycles. The number of hydrogen-bond donors (Lipinski definition) is 0. The van der Waals surface area contributed by atoms with Crippen molar-refractivity contribution >= 4 is 37.6 Å². The van der Waals surface area contributed by atoms with Gasteiger partial charge in [-0.15, -0.1) is 0 Å². The highest BCUT2D eigenvalue weighted by atomic mass is 79.9. The van der Waals surface area contributed by atoms with E-state index >= 15 is 0 Å². The molecule has 2 aliphatic heterocycles. The number of benzene rings is 1. The zero-order chi connectivity index (χ0) is 16.8. The summed E-state index contributed by atoms with van der Waals surface area (Å²) >= 11 is 7.37.